The van der Waals surface area contributed by atoms with Crippen molar-refractivity contribution in [3.8, 4) is 0 Å². The summed E-state index contributed by atoms with van der Waals surface area (Å²) in [6.45, 7) is 6.12. The number of halogens is 1. The first-order chi connectivity index (χ1) is 13.8. The molecule has 1 aliphatic heterocycles. The van der Waals surface area contributed by atoms with E-state index in [4.69, 9.17) is 11.6 Å². The molecule has 2 aromatic carbocycles. The van der Waals surface area contributed by atoms with Gasteiger partial charge in [0, 0.05) is 24.2 Å². The summed E-state index contributed by atoms with van der Waals surface area (Å²) in [4.78, 5) is 31.2. The number of nitrogens with zero attached hydrogens (tertiary/aromatic N) is 2. The molecule has 3 rings (SSSR count). The Bertz CT molecular complexity index is 957. The highest BCUT2D eigenvalue weighted by atomic mass is 35.5. The maximum Gasteiger partial charge on any atom is 0.242 e. The Morgan fingerprint density at radius 3 is 2.59 bits per heavy atom. The van der Waals surface area contributed by atoms with Gasteiger partial charge in [-0.15, -0.1) is 0 Å². The van der Waals surface area contributed by atoms with E-state index in [1.807, 2.05) is 31.2 Å². The largest absolute Gasteiger partial charge is 0.326 e. The zero-order valence-electron chi connectivity index (χ0n) is 16.9. The van der Waals surface area contributed by atoms with E-state index < -0.39 is 5.25 Å². The van der Waals surface area contributed by atoms with E-state index in [1.165, 1.54) is 22.2 Å². The van der Waals surface area contributed by atoms with Crippen molar-refractivity contribution in [3.63, 3.8) is 0 Å². The second-order valence-electron chi connectivity index (χ2n) is 7.31. The number of aliphatic imine (C=N–C) groups is 1. The lowest BCUT2D eigenvalue weighted by molar-refractivity contribution is -0.127. The Morgan fingerprint density at radius 1 is 1.24 bits per heavy atom. The molecule has 1 atom stereocenters. The molecule has 2 aromatic rings. The summed E-state index contributed by atoms with van der Waals surface area (Å²) in [7, 11) is 1.69. The van der Waals surface area contributed by atoms with Crippen molar-refractivity contribution in [2.24, 2.45) is 4.99 Å². The van der Waals surface area contributed by atoms with E-state index in [1.54, 1.807) is 25.2 Å². The third-order valence-electron chi connectivity index (χ3n) is 4.84. The minimum absolute atomic E-state index is 0.0745. The van der Waals surface area contributed by atoms with Crippen molar-refractivity contribution in [1.29, 1.82) is 0 Å². The fourth-order valence-corrected chi connectivity index (χ4v) is 4.28. The van der Waals surface area contributed by atoms with Crippen molar-refractivity contribution in [2.75, 3.05) is 12.4 Å². The first kappa shape index (κ1) is 21.4. The Morgan fingerprint density at radius 2 is 1.93 bits per heavy atom. The Kier molecular flexibility index (Phi) is 6.65. The molecule has 0 bridgehead atoms. The summed E-state index contributed by atoms with van der Waals surface area (Å²) in [6.07, 6.45) is 0.0745. The average molecular weight is 430 g/mol. The summed E-state index contributed by atoms with van der Waals surface area (Å²) in [5.41, 5.74) is 3.49. The number of hydrogen-bond acceptors (Lipinski definition) is 4. The van der Waals surface area contributed by atoms with E-state index in [0.29, 0.717) is 21.8 Å². The van der Waals surface area contributed by atoms with Crippen LogP contribution in [0, 0.1) is 6.92 Å². The maximum atomic E-state index is 12.6. The molecule has 1 fully saturated rings. The van der Waals surface area contributed by atoms with Gasteiger partial charge in [-0.05, 0) is 48.2 Å². The van der Waals surface area contributed by atoms with Gasteiger partial charge in [-0.2, -0.15) is 0 Å². The van der Waals surface area contributed by atoms with Gasteiger partial charge in [0.25, 0.3) is 0 Å². The molecule has 152 valence electrons. The SMILES string of the molecule is Cc1c(Cl)cccc1NC(=O)CC1SC(=Nc2ccc(C(C)C)cc2)N(C)C1=O. The van der Waals surface area contributed by atoms with Crippen molar-refractivity contribution in [1.82, 2.24) is 4.90 Å². The van der Waals surface area contributed by atoms with Crippen LogP contribution in [0.1, 0.15) is 37.3 Å². The van der Waals surface area contributed by atoms with Crippen LogP contribution in [-0.2, 0) is 9.59 Å². The molecule has 1 aliphatic rings. The number of nitrogens with one attached hydrogen (secondary N) is 1. The number of hydrogen-bond donors (Lipinski definition) is 1. The molecular weight excluding hydrogens is 406 g/mol. The molecule has 29 heavy (non-hydrogen) atoms. The van der Waals surface area contributed by atoms with E-state index in [2.05, 4.69) is 24.2 Å². The zero-order chi connectivity index (χ0) is 21.1. The minimum atomic E-state index is -0.492. The third kappa shape index (κ3) is 5.00. The monoisotopic (exact) mass is 429 g/mol. The van der Waals surface area contributed by atoms with Crippen LogP contribution in [0.25, 0.3) is 0 Å². The lowest BCUT2D eigenvalue weighted by atomic mass is 10.0. The smallest absolute Gasteiger partial charge is 0.242 e. The summed E-state index contributed by atoms with van der Waals surface area (Å²) in [5.74, 6) is 0.107. The lowest BCUT2D eigenvalue weighted by Gasteiger charge is -2.11. The standard InChI is InChI=1S/C22H24ClN3O2S/c1-13(2)15-8-10-16(11-9-15)24-22-26(4)21(28)19(29-22)12-20(27)25-18-7-5-6-17(23)14(18)3/h5-11,13,19H,12H2,1-4H3,(H,25,27). The van der Waals surface area contributed by atoms with Crippen LogP contribution in [0.3, 0.4) is 0 Å². The number of thioether (sulfide) groups is 1. The number of anilines is 1. The van der Waals surface area contributed by atoms with Crippen LogP contribution < -0.4 is 5.32 Å². The number of rotatable bonds is 5. The maximum absolute atomic E-state index is 12.6. The highest BCUT2D eigenvalue weighted by Crippen LogP contribution is 2.31. The van der Waals surface area contributed by atoms with Gasteiger partial charge in [-0.1, -0.05) is 55.4 Å². The van der Waals surface area contributed by atoms with Gasteiger partial charge in [0.15, 0.2) is 5.17 Å². The van der Waals surface area contributed by atoms with Crippen LogP contribution in [0.2, 0.25) is 5.02 Å². The van der Waals surface area contributed by atoms with Gasteiger partial charge in [-0.25, -0.2) is 4.99 Å². The normalized spacial score (nSPS) is 18.0. The van der Waals surface area contributed by atoms with Crippen molar-refractivity contribution in [2.45, 2.75) is 38.4 Å². The molecule has 0 aliphatic carbocycles. The molecule has 1 heterocycles. The van der Waals surface area contributed by atoms with E-state index in [9.17, 15) is 9.59 Å². The predicted molar refractivity (Wildman–Crippen MR) is 121 cm³/mol. The van der Waals surface area contributed by atoms with Crippen molar-refractivity contribution < 1.29 is 9.59 Å². The van der Waals surface area contributed by atoms with E-state index >= 15 is 0 Å². The molecule has 2 amide bonds. The van der Waals surface area contributed by atoms with Crippen molar-refractivity contribution >= 4 is 51.7 Å². The van der Waals surface area contributed by atoms with Gasteiger partial charge >= 0.3 is 0 Å². The molecule has 1 unspecified atom stereocenters. The minimum Gasteiger partial charge on any atom is -0.326 e. The molecule has 1 N–H and O–H groups in total. The molecule has 0 aromatic heterocycles. The lowest BCUT2D eigenvalue weighted by Crippen LogP contribution is -2.30. The number of carbonyl (C=O) groups excluding carboxylic acids is 2. The summed E-state index contributed by atoms with van der Waals surface area (Å²) in [5, 5.41) is 3.55. The van der Waals surface area contributed by atoms with Crippen LogP contribution in [0.5, 0.6) is 0 Å². The Hall–Kier alpha value is -2.31. The van der Waals surface area contributed by atoms with E-state index in [-0.39, 0.29) is 18.2 Å². The van der Waals surface area contributed by atoms with Gasteiger partial charge in [0.1, 0.15) is 5.25 Å². The molecule has 5 nitrogen and oxygen atoms in total. The number of benzene rings is 2. The number of carbonyl (C=O) groups is 2. The molecular formula is C22H24ClN3O2S. The Balaban J connectivity index is 1.68. The fraction of sp³-hybridized carbons (Fsp3) is 0.318. The van der Waals surface area contributed by atoms with Crippen LogP contribution >= 0.6 is 23.4 Å². The molecule has 7 heteroatoms. The van der Waals surface area contributed by atoms with Gasteiger partial charge in [-0.3, -0.25) is 14.5 Å². The first-order valence-electron chi connectivity index (χ1n) is 9.44. The van der Waals surface area contributed by atoms with Crippen molar-refractivity contribution in [3.05, 3.63) is 58.6 Å². The molecule has 0 radical (unpaired) electrons. The molecule has 1 saturated heterocycles. The zero-order valence-corrected chi connectivity index (χ0v) is 18.5. The topological polar surface area (TPSA) is 61.8 Å². The van der Waals surface area contributed by atoms with E-state index in [0.717, 1.165) is 11.3 Å². The van der Waals surface area contributed by atoms with Gasteiger partial charge in [0.2, 0.25) is 11.8 Å². The third-order valence-corrected chi connectivity index (χ3v) is 6.48. The second-order valence-corrected chi connectivity index (χ2v) is 8.89. The van der Waals surface area contributed by atoms with Crippen LogP contribution in [-0.4, -0.2) is 34.2 Å². The fourth-order valence-electron chi connectivity index (χ4n) is 2.95. The molecule has 0 saturated carbocycles. The molecule has 0 spiro atoms. The summed E-state index contributed by atoms with van der Waals surface area (Å²) in [6, 6.07) is 13.3. The van der Waals surface area contributed by atoms with Gasteiger partial charge < -0.3 is 5.32 Å². The summed E-state index contributed by atoms with van der Waals surface area (Å²) >= 11 is 7.42. The average Bonchev–Trinajstić information content (AvgIpc) is 2.93. The second kappa shape index (κ2) is 9.01. The number of amidine groups is 1. The first-order valence-corrected chi connectivity index (χ1v) is 10.7. The number of amides is 2. The van der Waals surface area contributed by atoms with Gasteiger partial charge in [0.05, 0.1) is 5.69 Å². The predicted octanol–water partition coefficient (Wildman–Crippen LogP) is 5.36. The van der Waals surface area contributed by atoms with Crippen LogP contribution in [0.15, 0.2) is 47.5 Å². The Labute approximate surface area is 180 Å². The highest BCUT2D eigenvalue weighted by molar-refractivity contribution is 8.15. The summed E-state index contributed by atoms with van der Waals surface area (Å²) < 4.78 is 0. The highest BCUT2D eigenvalue weighted by Gasteiger charge is 2.37. The quantitative estimate of drug-likeness (QED) is 0.695. The van der Waals surface area contributed by atoms with Crippen LogP contribution in [0.4, 0.5) is 11.4 Å².